The Balaban J connectivity index is 3.99. The Bertz CT molecular complexity index is 518. The third-order valence-electron chi connectivity index (χ3n) is 6.82. The van der Waals surface area contributed by atoms with E-state index in [9.17, 15) is 14.3 Å². The van der Waals surface area contributed by atoms with Gasteiger partial charge in [0.25, 0.3) is 6.47 Å². The summed E-state index contributed by atoms with van der Waals surface area (Å²) in [4.78, 5) is 22.9. The molecule has 0 saturated carbocycles. The summed E-state index contributed by atoms with van der Waals surface area (Å²) >= 11 is 0. The van der Waals surface area contributed by atoms with Crippen LogP contribution in [-0.2, 0) is 23.4 Å². The molecule has 0 aliphatic carbocycles. The second-order valence-corrected chi connectivity index (χ2v) is 11.6. The lowest BCUT2D eigenvalue weighted by Crippen LogP contribution is -2.28. The van der Waals surface area contributed by atoms with Crippen molar-refractivity contribution in [2.75, 3.05) is 45.6 Å². The largest absolute Gasteiger partial charge is 0.460 e. The van der Waals surface area contributed by atoms with E-state index in [0.717, 1.165) is 25.9 Å². The SMILES string of the molecule is CCCCCCCCCCCCC(CC)CCOCC(COP(=O)(O)CCN(CC)CC)OC=O. The van der Waals surface area contributed by atoms with Gasteiger partial charge in [-0.05, 0) is 25.4 Å². The number of carbonyl (C=O) groups excluding carboxylic acids is 1. The summed E-state index contributed by atoms with van der Waals surface area (Å²) in [5, 5.41) is 0. The third-order valence-corrected chi connectivity index (χ3v) is 8.14. The average Bonchev–Trinajstić information content (AvgIpc) is 2.85. The molecule has 0 aromatic heterocycles. The van der Waals surface area contributed by atoms with Crippen molar-refractivity contribution in [2.45, 2.75) is 117 Å². The highest BCUT2D eigenvalue weighted by molar-refractivity contribution is 7.52. The van der Waals surface area contributed by atoms with Crippen molar-refractivity contribution in [3.8, 4) is 0 Å². The molecule has 7 nitrogen and oxygen atoms in total. The van der Waals surface area contributed by atoms with Crippen LogP contribution in [0.4, 0.5) is 0 Å². The lowest BCUT2D eigenvalue weighted by molar-refractivity contribution is -0.138. The second-order valence-electron chi connectivity index (χ2n) is 9.65. The summed E-state index contributed by atoms with van der Waals surface area (Å²) in [7, 11) is -3.73. The summed E-state index contributed by atoms with van der Waals surface area (Å²) in [6.45, 7) is 11.6. The molecule has 0 aliphatic heterocycles. The van der Waals surface area contributed by atoms with Crippen LogP contribution in [0, 0.1) is 5.92 Å². The summed E-state index contributed by atoms with van der Waals surface area (Å²) in [6, 6.07) is 0. The Morgan fingerprint density at radius 2 is 1.46 bits per heavy atom. The van der Waals surface area contributed by atoms with E-state index >= 15 is 0 Å². The molecule has 0 heterocycles. The molecule has 0 saturated heterocycles. The van der Waals surface area contributed by atoms with Crippen molar-refractivity contribution < 1.29 is 28.3 Å². The predicted molar refractivity (Wildman–Crippen MR) is 145 cm³/mol. The zero-order valence-corrected chi connectivity index (χ0v) is 24.2. The Labute approximate surface area is 216 Å². The summed E-state index contributed by atoms with van der Waals surface area (Å²) < 4.78 is 28.2. The average molecular weight is 522 g/mol. The van der Waals surface area contributed by atoms with Gasteiger partial charge in [0, 0.05) is 13.2 Å². The van der Waals surface area contributed by atoms with Crippen LogP contribution in [0.5, 0.6) is 0 Å². The minimum atomic E-state index is -3.73. The molecule has 0 radical (unpaired) electrons. The lowest BCUT2D eigenvalue weighted by atomic mass is 9.95. The lowest BCUT2D eigenvalue weighted by Gasteiger charge is -2.22. The predicted octanol–water partition coefficient (Wildman–Crippen LogP) is 6.82. The van der Waals surface area contributed by atoms with E-state index in [1.165, 1.54) is 70.6 Å². The Kier molecular flexibility index (Phi) is 23.6. The number of carbonyl (C=O) groups is 1. The van der Waals surface area contributed by atoms with Gasteiger partial charge in [-0.25, -0.2) is 0 Å². The maximum absolute atomic E-state index is 12.3. The van der Waals surface area contributed by atoms with Gasteiger partial charge in [0.1, 0.15) is 6.10 Å². The fraction of sp³-hybridized carbons (Fsp3) is 0.963. The fourth-order valence-electron chi connectivity index (χ4n) is 4.21. The molecular weight excluding hydrogens is 465 g/mol. The minimum absolute atomic E-state index is 0.0560. The topological polar surface area (TPSA) is 85.3 Å². The standard InChI is InChI=1S/C27H56NO6P/c1-5-9-10-11-12-13-14-15-16-17-18-26(6-2)19-21-32-23-27(33-25-29)24-34-35(30,31)22-20-28(7-3)8-4/h25-27H,5-24H2,1-4H3,(H,30,31). The normalized spacial score (nSPS) is 15.1. The molecule has 0 spiro atoms. The van der Waals surface area contributed by atoms with E-state index in [0.29, 0.717) is 25.5 Å². The molecule has 0 aromatic carbocycles. The van der Waals surface area contributed by atoms with Crippen LogP contribution in [0.3, 0.4) is 0 Å². The van der Waals surface area contributed by atoms with Crippen molar-refractivity contribution >= 4 is 14.1 Å². The monoisotopic (exact) mass is 521 g/mol. The Morgan fingerprint density at radius 1 is 0.857 bits per heavy atom. The number of ether oxygens (including phenoxy) is 2. The number of hydrogen-bond donors (Lipinski definition) is 1. The van der Waals surface area contributed by atoms with E-state index in [4.69, 9.17) is 14.0 Å². The van der Waals surface area contributed by atoms with Gasteiger partial charge < -0.3 is 23.8 Å². The van der Waals surface area contributed by atoms with Crippen molar-refractivity contribution in [1.29, 1.82) is 0 Å². The zero-order chi connectivity index (χ0) is 26.2. The van der Waals surface area contributed by atoms with E-state index in [1.807, 2.05) is 13.8 Å². The minimum Gasteiger partial charge on any atom is -0.460 e. The van der Waals surface area contributed by atoms with E-state index in [2.05, 4.69) is 18.7 Å². The van der Waals surface area contributed by atoms with Gasteiger partial charge in [-0.15, -0.1) is 0 Å². The fourth-order valence-corrected chi connectivity index (χ4v) is 5.28. The molecule has 0 aromatic rings. The molecule has 1 N–H and O–H groups in total. The van der Waals surface area contributed by atoms with Gasteiger partial charge in [-0.2, -0.15) is 0 Å². The first-order valence-electron chi connectivity index (χ1n) is 14.3. The maximum Gasteiger partial charge on any atom is 0.329 e. The Hall–Kier alpha value is -0.460. The number of unbranched alkanes of at least 4 members (excludes halogenated alkanes) is 9. The Morgan fingerprint density at radius 3 is 2.00 bits per heavy atom. The van der Waals surface area contributed by atoms with Crippen LogP contribution in [0.25, 0.3) is 0 Å². The second kappa shape index (κ2) is 23.9. The zero-order valence-electron chi connectivity index (χ0n) is 23.3. The van der Waals surface area contributed by atoms with Gasteiger partial charge in [0.2, 0.25) is 0 Å². The van der Waals surface area contributed by atoms with Crippen LogP contribution in [-0.4, -0.2) is 68.0 Å². The van der Waals surface area contributed by atoms with E-state index in [-0.39, 0.29) is 19.4 Å². The van der Waals surface area contributed by atoms with Crippen LogP contribution < -0.4 is 0 Å². The molecule has 0 aliphatic rings. The highest BCUT2D eigenvalue weighted by atomic mass is 31.2. The van der Waals surface area contributed by atoms with Crippen molar-refractivity contribution in [3.63, 3.8) is 0 Å². The molecule has 0 rings (SSSR count). The van der Waals surface area contributed by atoms with Crippen LogP contribution in [0.2, 0.25) is 0 Å². The smallest absolute Gasteiger partial charge is 0.329 e. The molecule has 0 amide bonds. The van der Waals surface area contributed by atoms with Crippen LogP contribution >= 0.6 is 7.60 Å². The first-order chi connectivity index (χ1) is 16.9. The van der Waals surface area contributed by atoms with Gasteiger partial charge in [0.15, 0.2) is 0 Å². The van der Waals surface area contributed by atoms with Crippen LogP contribution in [0.15, 0.2) is 0 Å². The highest BCUT2D eigenvalue weighted by Gasteiger charge is 2.23. The number of hydrogen-bond acceptors (Lipinski definition) is 6. The van der Waals surface area contributed by atoms with Crippen molar-refractivity contribution in [1.82, 2.24) is 4.90 Å². The summed E-state index contributed by atoms with van der Waals surface area (Å²) in [5.74, 6) is 0.642. The van der Waals surface area contributed by atoms with Gasteiger partial charge in [-0.1, -0.05) is 105 Å². The third kappa shape index (κ3) is 21.3. The highest BCUT2D eigenvalue weighted by Crippen LogP contribution is 2.41. The molecule has 210 valence electrons. The summed E-state index contributed by atoms with van der Waals surface area (Å²) in [5.41, 5.74) is 0. The quantitative estimate of drug-likeness (QED) is 0.0721. The molecule has 35 heavy (non-hydrogen) atoms. The summed E-state index contributed by atoms with van der Waals surface area (Å²) in [6.07, 6.45) is 16.3. The first-order valence-corrected chi connectivity index (χ1v) is 16.0. The van der Waals surface area contributed by atoms with Crippen LogP contribution in [0.1, 0.15) is 111 Å². The van der Waals surface area contributed by atoms with Gasteiger partial charge >= 0.3 is 7.60 Å². The number of rotatable bonds is 27. The molecule has 0 bridgehead atoms. The molecule has 3 atom stereocenters. The van der Waals surface area contributed by atoms with E-state index < -0.39 is 13.7 Å². The first kappa shape index (κ1) is 34.5. The molecule has 3 unspecified atom stereocenters. The number of nitrogens with zero attached hydrogens (tertiary/aromatic N) is 1. The van der Waals surface area contributed by atoms with Crippen molar-refractivity contribution in [2.24, 2.45) is 5.92 Å². The van der Waals surface area contributed by atoms with Crippen molar-refractivity contribution in [3.05, 3.63) is 0 Å². The molecule has 8 heteroatoms. The molecule has 0 fully saturated rings. The maximum atomic E-state index is 12.3. The van der Waals surface area contributed by atoms with E-state index in [1.54, 1.807) is 0 Å². The molecular formula is C27H56NO6P. The van der Waals surface area contributed by atoms with Gasteiger partial charge in [0.05, 0.1) is 19.4 Å². The van der Waals surface area contributed by atoms with Gasteiger partial charge in [-0.3, -0.25) is 9.36 Å².